The van der Waals surface area contributed by atoms with E-state index in [1.807, 2.05) is 5.32 Å². The largest absolute Gasteiger partial charge is 0.480 e. The molecule has 2 aromatic carbocycles. The van der Waals surface area contributed by atoms with Crippen LogP contribution in [0.3, 0.4) is 0 Å². The van der Waals surface area contributed by atoms with Gasteiger partial charge in [0.2, 0.25) is 0 Å². The standard InChI is InChI=1S/C31H25F5N6O5/c1-40-15-20(28(44)41(2)30(40)47)19-9-8-18(42-11-10-37-26(19)42)14-23(29(45)46)39-27(43)24-21(32)12-17(13-22(24)33)38-25(31(34,35)36)16-6-4-3-5-7-16/h3-13,15,23,25,38H,14H2,1-2H3,(H,39,43)(H,45,46)/t23?,25-/m1/s1. The Morgan fingerprint density at radius 2 is 1.64 bits per heavy atom. The molecule has 244 valence electrons. The minimum absolute atomic E-state index is 0.134. The molecule has 0 aliphatic rings. The molecule has 2 atom stereocenters. The summed E-state index contributed by atoms with van der Waals surface area (Å²) in [7, 11) is 2.77. The second-order valence-electron chi connectivity index (χ2n) is 10.6. The maximum Gasteiger partial charge on any atom is 0.412 e. The Bertz CT molecular complexity index is 2100. The summed E-state index contributed by atoms with van der Waals surface area (Å²) in [6.07, 6.45) is -1.07. The lowest BCUT2D eigenvalue weighted by Gasteiger charge is -2.23. The Labute approximate surface area is 261 Å². The van der Waals surface area contributed by atoms with E-state index in [4.69, 9.17) is 0 Å². The van der Waals surface area contributed by atoms with E-state index in [0.29, 0.717) is 17.7 Å². The Kier molecular flexibility index (Phi) is 8.69. The molecule has 3 heterocycles. The van der Waals surface area contributed by atoms with Gasteiger partial charge in [0.1, 0.15) is 34.9 Å². The van der Waals surface area contributed by atoms with Crippen molar-refractivity contribution in [1.82, 2.24) is 23.8 Å². The SMILES string of the molecule is Cn1cc(-c2ccc(CC(NC(=O)c3c(F)cc(N[C@H](c4ccccc4)C(F)(F)F)cc3F)C(=O)O)n3ccnc23)c(=O)n(C)c1=O. The van der Waals surface area contributed by atoms with Crippen molar-refractivity contribution in [3.05, 3.63) is 122 Å². The van der Waals surface area contributed by atoms with Gasteiger partial charge < -0.3 is 24.7 Å². The van der Waals surface area contributed by atoms with Crippen LogP contribution in [0.15, 0.2) is 82.8 Å². The van der Waals surface area contributed by atoms with Crippen LogP contribution >= 0.6 is 0 Å². The smallest absolute Gasteiger partial charge is 0.412 e. The number of fused-ring (bicyclic) bond motifs is 1. The second-order valence-corrected chi connectivity index (χ2v) is 10.6. The molecule has 0 bridgehead atoms. The average Bonchev–Trinajstić information content (AvgIpc) is 3.51. The van der Waals surface area contributed by atoms with Crippen molar-refractivity contribution < 1.29 is 36.6 Å². The molecule has 0 fully saturated rings. The van der Waals surface area contributed by atoms with E-state index in [0.717, 1.165) is 4.57 Å². The number of alkyl halides is 3. The number of benzene rings is 2. The molecule has 0 aliphatic heterocycles. The van der Waals surface area contributed by atoms with Crippen LogP contribution in [-0.4, -0.2) is 47.7 Å². The van der Waals surface area contributed by atoms with Gasteiger partial charge in [-0.3, -0.25) is 14.2 Å². The summed E-state index contributed by atoms with van der Waals surface area (Å²) in [6, 6.07) is 6.51. The van der Waals surface area contributed by atoms with Gasteiger partial charge in [-0.15, -0.1) is 0 Å². The van der Waals surface area contributed by atoms with Crippen LogP contribution in [0.4, 0.5) is 27.6 Å². The predicted octanol–water partition coefficient (Wildman–Crippen LogP) is 3.82. The zero-order chi connectivity index (χ0) is 34.2. The summed E-state index contributed by atoms with van der Waals surface area (Å²) in [4.78, 5) is 54.3. The van der Waals surface area contributed by atoms with Gasteiger partial charge in [0.15, 0.2) is 0 Å². The van der Waals surface area contributed by atoms with E-state index in [9.17, 15) is 37.5 Å². The second kappa shape index (κ2) is 12.5. The van der Waals surface area contributed by atoms with Crippen LogP contribution in [-0.2, 0) is 25.3 Å². The number of carbonyl (C=O) groups excluding carboxylic acids is 1. The van der Waals surface area contributed by atoms with E-state index >= 15 is 8.78 Å². The minimum atomic E-state index is -4.84. The lowest BCUT2D eigenvalue weighted by atomic mass is 10.0. The fourth-order valence-electron chi connectivity index (χ4n) is 5.12. The van der Waals surface area contributed by atoms with Gasteiger partial charge >= 0.3 is 17.8 Å². The number of pyridine rings is 1. The Hall–Kier alpha value is -5.80. The van der Waals surface area contributed by atoms with E-state index in [2.05, 4.69) is 10.3 Å². The maximum atomic E-state index is 15.0. The zero-order valence-corrected chi connectivity index (χ0v) is 24.5. The van der Waals surface area contributed by atoms with Crippen LogP contribution in [0.25, 0.3) is 16.8 Å². The molecule has 1 unspecified atom stereocenters. The number of aryl methyl sites for hydroxylation is 1. The summed E-state index contributed by atoms with van der Waals surface area (Å²) < 4.78 is 74.9. The number of halogens is 5. The lowest BCUT2D eigenvalue weighted by molar-refractivity contribution is -0.144. The highest BCUT2D eigenvalue weighted by Crippen LogP contribution is 2.36. The van der Waals surface area contributed by atoms with Gasteiger partial charge in [0.05, 0.1) is 5.56 Å². The molecule has 11 nitrogen and oxygen atoms in total. The molecule has 0 aliphatic carbocycles. The first kappa shape index (κ1) is 32.6. The van der Waals surface area contributed by atoms with Crippen LogP contribution in [0.2, 0.25) is 0 Å². The molecule has 3 N–H and O–H groups in total. The number of aromatic nitrogens is 4. The number of hydrogen-bond donors (Lipinski definition) is 3. The molecular weight excluding hydrogens is 631 g/mol. The van der Waals surface area contributed by atoms with Crippen molar-refractivity contribution >= 4 is 23.2 Å². The molecule has 0 saturated heterocycles. The summed E-state index contributed by atoms with van der Waals surface area (Å²) in [6.45, 7) is 0. The van der Waals surface area contributed by atoms with Crippen LogP contribution in [0.5, 0.6) is 0 Å². The molecule has 5 aromatic rings. The van der Waals surface area contributed by atoms with Crippen molar-refractivity contribution in [2.75, 3.05) is 5.32 Å². The van der Waals surface area contributed by atoms with Gasteiger partial charge in [-0.1, -0.05) is 30.3 Å². The number of anilines is 1. The van der Waals surface area contributed by atoms with Gasteiger partial charge in [0.25, 0.3) is 11.5 Å². The summed E-state index contributed by atoms with van der Waals surface area (Å²) >= 11 is 0. The number of rotatable bonds is 9. The number of carboxylic acid groups (broad SMARTS) is 1. The summed E-state index contributed by atoms with van der Waals surface area (Å²) in [5, 5.41) is 14.0. The van der Waals surface area contributed by atoms with E-state index in [-0.39, 0.29) is 22.5 Å². The topological polar surface area (TPSA) is 140 Å². The first-order valence-electron chi connectivity index (χ1n) is 13.8. The van der Waals surface area contributed by atoms with Crippen LogP contribution in [0.1, 0.15) is 27.7 Å². The number of carboxylic acids is 1. The van der Waals surface area contributed by atoms with Crippen molar-refractivity contribution in [1.29, 1.82) is 0 Å². The molecule has 5 rings (SSSR count). The Balaban J connectivity index is 1.41. The third-order valence-electron chi connectivity index (χ3n) is 7.43. The van der Waals surface area contributed by atoms with Crippen molar-refractivity contribution in [2.24, 2.45) is 14.1 Å². The number of aliphatic carboxylic acids is 1. The number of nitrogens with one attached hydrogen (secondary N) is 2. The third-order valence-corrected chi connectivity index (χ3v) is 7.43. The van der Waals surface area contributed by atoms with E-state index in [1.165, 1.54) is 84.1 Å². The minimum Gasteiger partial charge on any atom is -0.480 e. The predicted molar refractivity (Wildman–Crippen MR) is 159 cm³/mol. The first-order chi connectivity index (χ1) is 22.2. The molecule has 0 saturated carbocycles. The first-order valence-corrected chi connectivity index (χ1v) is 13.8. The number of nitrogens with zero attached hydrogens (tertiary/aromatic N) is 4. The zero-order valence-electron chi connectivity index (χ0n) is 24.5. The van der Waals surface area contributed by atoms with Crippen LogP contribution < -0.4 is 21.9 Å². The normalized spacial score (nSPS) is 12.9. The average molecular weight is 657 g/mol. The van der Waals surface area contributed by atoms with Gasteiger partial charge in [-0.2, -0.15) is 13.2 Å². The Morgan fingerprint density at radius 3 is 2.26 bits per heavy atom. The quantitative estimate of drug-likeness (QED) is 0.205. The van der Waals surface area contributed by atoms with Crippen molar-refractivity contribution in [3.63, 3.8) is 0 Å². The van der Waals surface area contributed by atoms with Gasteiger partial charge in [-0.05, 0) is 29.8 Å². The Morgan fingerprint density at radius 1 is 0.979 bits per heavy atom. The fraction of sp³-hybridized carbons (Fsp3) is 0.194. The molecule has 3 aromatic heterocycles. The monoisotopic (exact) mass is 656 g/mol. The highest BCUT2D eigenvalue weighted by molar-refractivity contribution is 5.97. The number of amides is 1. The van der Waals surface area contributed by atoms with E-state index in [1.54, 1.807) is 0 Å². The highest BCUT2D eigenvalue weighted by atomic mass is 19.4. The fourth-order valence-corrected chi connectivity index (χ4v) is 5.12. The molecule has 47 heavy (non-hydrogen) atoms. The summed E-state index contributed by atoms with van der Waals surface area (Å²) in [5.74, 6) is -6.06. The third kappa shape index (κ3) is 6.47. The molecule has 0 spiro atoms. The van der Waals surface area contributed by atoms with Crippen molar-refractivity contribution in [2.45, 2.75) is 24.7 Å². The van der Waals surface area contributed by atoms with Crippen LogP contribution in [0, 0.1) is 11.6 Å². The number of imidazole rings is 1. The van der Waals surface area contributed by atoms with Gasteiger partial charge in [0, 0.05) is 56.1 Å². The molecular formula is C31H25F5N6O5. The van der Waals surface area contributed by atoms with Gasteiger partial charge in [-0.25, -0.2) is 23.4 Å². The molecule has 0 radical (unpaired) electrons. The highest BCUT2D eigenvalue weighted by Gasteiger charge is 2.41. The maximum absolute atomic E-state index is 15.0. The lowest BCUT2D eigenvalue weighted by Crippen LogP contribution is -2.43. The molecule has 1 amide bonds. The molecule has 16 heteroatoms. The number of carbonyl (C=O) groups is 2. The number of hydrogen-bond acceptors (Lipinski definition) is 6. The van der Waals surface area contributed by atoms with Crippen molar-refractivity contribution in [3.8, 4) is 11.1 Å². The van der Waals surface area contributed by atoms with E-state index < -0.39 is 70.7 Å². The summed E-state index contributed by atoms with van der Waals surface area (Å²) in [5.41, 5.74) is -2.21.